The molecule has 2 fully saturated rings. The van der Waals surface area contributed by atoms with Crippen LogP contribution in [0.2, 0.25) is 0 Å². The molecule has 2 heterocycles. The molecule has 142 valence electrons. The number of carboxylic acid groups (broad SMARTS) is 1. The minimum absolute atomic E-state index is 0.0404. The van der Waals surface area contributed by atoms with Gasteiger partial charge in [0.1, 0.15) is 11.9 Å². The first kappa shape index (κ1) is 18.7. The number of carboxylic acids is 1. The number of ether oxygens (including phenoxy) is 2. The molecule has 7 heteroatoms. The van der Waals surface area contributed by atoms with Crippen molar-refractivity contribution in [3.8, 4) is 5.75 Å². The highest BCUT2D eigenvalue weighted by Gasteiger charge is 2.29. The fourth-order valence-electron chi connectivity index (χ4n) is 3.39. The van der Waals surface area contributed by atoms with Crippen LogP contribution in [0.3, 0.4) is 0 Å². The fraction of sp³-hybridized carbons (Fsp3) is 0.579. The molecule has 0 unspecified atom stereocenters. The lowest BCUT2D eigenvalue weighted by molar-refractivity contribution is -0.124. The van der Waals surface area contributed by atoms with Crippen LogP contribution < -0.4 is 10.1 Å². The van der Waals surface area contributed by atoms with Crippen molar-refractivity contribution >= 4 is 11.9 Å². The number of nitrogens with zero attached hydrogens (tertiary/aromatic N) is 1. The van der Waals surface area contributed by atoms with Gasteiger partial charge in [-0.25, -0.2) is 4.79 Å². The molecular weight excluding hydrogens is 336 g/mol. The first-order valence-electron chi connectivity index (χ1n) is 9.21. The minimum Gasteiger partial charge on any atom is -0.486 e. The van der Waals surface area contributed by atoms with E-state index in [0.29, 0.717) is 31.8 Å². The molecule has 2 saturated heterocycles. The molecular formula is C19H26N2O5. The van der Waals surface area contributed by atoms with Crippen molar-refractivity contribution in [1.82, 2.24) is 10.2 Å². The Balaban J connectivity index is 1.51. The van der Waals surface area contributed by atoms with Gasteiger partial charge in [0, 0.05) is 19.6 Å². The molecule has 0 aliphatic carbocycles. The van der Waals surface area contributed by atoms with Crippen LogP contribution in [0.15, 0.2) is 24.3 Å². The lowest BCUT2D eigenvalue weighted by Gasteiger charge is -2.32. The summed E-state index contributed by atoms with van der Waals surface area (Å²) >= 11 is 0. The van der Waals surface area contributed by atoms with E-state index in [1.165, 1.54) is 25.0 Å². The number of carbonyl (C=O) groups excluding carboxylic acids is 1. The summed E-state index contributed by atoms with van der Waals surface area (Å²) in [5.41, 5.74) is 0.212. The van der Waals surface area contributed by atoms with Gasteiger partial charge in [-0.3, -0.25) is 4.79 Å². The molecule has 3 rings (SSSR count). The second kappa shape index (κ2) is 9.00. The van der Waals surface area contributed by atoms with Crippen LogP contribution in [-0.2, 0) is 9.53 Å². The van der Waals surface area contributed by atoms with Crippen molar-refractivity contribution in [2.45, 2.75) is 37.8 Å². The zero-order valence-corrected chi connectivity index (χ0v) is 14.9. The molecule has 0 bridgehead atoms. The highest BCUT2D eigenvalue weighted by atomic mass is 16.5. The van der Waals surface area contributed by atoms with E-state index in [4.69, 9.17) is 14.6 Å². The third kappa shape index (κ3) is 5.19. The molecule has 1 aromatic carbocycles. The van der Waals surface area contributed by atoms with Gasteiger partial charge in [0.25, 0.3) is 0 Å². The van der Waals surface area contributed by atoms with E-state index in [1.807, 2.05) is 0 Å². The Labute approximate surface area is 153 Å². The second-order valence-electron chi connectivity index (χ2n) is 6.82. The van der Waals surface area contributed by atoms with Crippen LogP contribution in [0, 0.1) is 0 Å². The number of hydrogen-bond acceptors (Lipinski definition) is 5. The Morgan fingerprint density at radius 3 is 2.65 bits per heavy atom. The normalized spacial score (nSPS) is 23.5. The highest BCUT2D eigenvalue weighted by Crippen LogP contribution is 2.19. The van der Waals surface area contributed by atoms with E-state index < -0.39 is 5.97 Å². The minimum atomic E-state index is -0.972. The maximum Gasteiger partial charge on any atom is 0.335 e. The summed E-state index contributed by atoms with van der Waals surface area (Å²) in [6.07, 6.45) is 3.36. The molecule has 2 atom stereocenters. The highest BCUT2D eigenvalue weighted by molar-refractivity contribution is 5.87. The van der Waals surface area contributed by atoms with Crippen LogP contribution in [0.25, 0.3) is 0 Å². The molecule has 0 saturated carbocycles. The fourth-order valence-corrected chi connectivity index (χ4v) is 3.39. The number of amides is 1. The lowest BCUT2D eigenvalue weighted by atomic mass is 10.1. The smallest absolute Gasteiger partial charge is 0.335 e. The van der Waals surface area contributed by atoms with Crippen molar-refractivity contribution in [2.24, 2.45) is 0 Å². The van der Waals surface area contributed by atoms with E-state index in [2.05, 4.69) is 10.2 Å². The van der Waals surface area contributed by atoms with Crippen molar-refractivity contribution in [3.63, 3.8) is 0 Å². The van der Waals surface area contributed by atoms with E-state index in [0.717, 1.165) is 19.6 Å². The molecule has 1 amide bonds. The second-order valence-corrected chi connectivity index (χ2v) is 6.82. The molecule has 0 aromatic heterocycles. The van der Waals surface area contributed by atoms with Gasteiger partial charge in [-0.2, -0.15) is 0 Å². The summed E-state index contributed by atoms with van der Waals surface area (Å²) in [4.78, 5) is 25.5. The van der Waals surface area contributed by atoms with Gasteiger partial charge in [0.15, 0.2) is 0 Å². The summed E-state index contributed by atoms with van der Waals surface area (Å²) in [5, 5.41) is 12.0. The monoisotopic (exact) mass is 362 g/mol. The average Bonchev–Trinajstić information content (AvgIpc) is 3.16. The summed E-state index contributed by atoms with van der Waals surface area (Å²) in [7, 11) is 0. The van der Waals surface area contributed by atoms with Gasteiger partial charge in [0.05, 0.1) is 18.2 Å². The van der Waals surface area contributed by atoms with E-state index in [-0.39, 0.29) is 23.6 Å². The van der Waals surface area contributed by atoms with Crippen LogP contribution in [-0.4, -0.2) is 66.9 Å². The van der Waals surface area contributed by atoms with Gasteiger partial charge >= 0.3 is 5.97 Å². The topological polar surface area (TPSA) is 88.1 Å². The zero-order valence-electron chi connectivity index (χ0n) is 14.9. The van der Waals surface area contributed by atoms with Crippen molar-refractivity contribution in [3.05, 3.63) is 29.8 Å². The van der Waals surface area contributed by atoms with E-state index in [1.54, 1.807) is 12.1 Å². The Morgan fingerprint density at radius 1 is 1.23 bits per heavy atom. The predicted molar refractivity (Wildman–Crippen MR) is 95.5 cm³/mol. The van der Waals surface area contributed by atoms with Gasteiger partial charge in [-0.05, 0) is 56.6 Å². The summed E-state index contributed by atoms with van der Waals surface area (Å²) < 4.78 is 11.4. The van der Waals surface area contributed by atoms with Crippen LogP contribution in [0.4, 0.5) is 0 Å². The van der Waals surface area contributed by atoms with Gasteiger partial charge in [-0.1, -0.05) is 0 Å². The van der Waals surface area contributed by atoms with Crippen molar-refractivity contribution < 1.29 is 24.2 Å². The van der Waals surface area contributed by atoms with E-state index >= 15 is 0 Å². The quantitative estimate of drug-likeness (QED) is 0.765. The lowest BCUT2D eigenvalue weighted by Crippen LogP contribution is -2.51. The number of hydrogen-bond donors (Lipinski definition) is 2. The standard InChI is InChI=1S/C19H26N2O5/c22-18(7-11-21-9-1-2-10-21)20-16-8-12-25-13-17(16)26-15-5-3-14(4-6-15)19(23)24/h3-6,16-17H,1-2,7-13H2,(H,20,22)(H,23,24)/t16-,17-/m1/s1. The van der Waals surface area contributed by atoms with Crippen LogP contribution >= 0.6 is 0 Å². The third-order valence-corrected chi connectivity index (χ3v) is 4.89. The molecule has 2 aliphatic heterocycles. The Kier molecular flexibility index (Phi) is 6.46. The van der Waals surface area contributed by atoms with Crippen molar-refractivity contribution in [2.75, 3.05) is 32.8 Å². The molecule has 2 N–H and O–H groups in total. The number of nitrogens with one attached hydrogen (secondary N) is 1. The van der Waals surface area contributed by atoms with Gasteiger partial charge in [-0.15, -0.1) is 0 Å². The van der Waals surface area contributed by atoms with Crippen molar-refractivity contribution in [1.29, 1.82) is 0 Å². The number of benzene rings is 1. The average molecular weight is 362 g/mol. The molecule has 2 aliphatic rings. The molecule has 26 heavy (non-hydrogen) atoms. The maximum absolute atomic E-state index is 12.3. The van der Waals surface area contributed by atoms with E-state index in [9.17, 15) is 9.59 Å². The molecule has 1 aromatic rings. The number of aromatic carboxylic acids is 1. The summed E-state index contributed by atoms with van der Waals surface area (Å²) in [6, 6.07) is 6.17. The van der Waals surface area contributed by atoms with Crippen LogP contribution in [0.1, 0.15) is 36.0 Å². The number of likely N-dealkylation sites (tertiary alicyclic amines) is 1. The summed E-state index contributed by atoms with van der Waals surface area (Å²) in [6.45, 7) is 3.97. The van der Waals surface area contributed by atoms with Gasteiger partial charge < -0.3 is 24.8 Å². The SMILES string of the molecule is O=C(CCN1CCCC1)N[C@@H]1CCOC[C@H]1Oc1ccc(C(=O)O)cc1. The van der Waals surface area contributed by atoms with Crippen LogP contribution in [0.5, 0.6) is 5.75 Å². The molecule has 0 radical (unpaired) electrons. The molecule has 7 nitrogen and oxygen atoms in total. The Hall–Kier alpha value is -2.12. The predicted octanol–water partition coefficient (Wildman–Crippen LogP) is 1.52. The third-order valence-electron chi connectivity index (χ3n) is 4.89. The first-order valence-corrected chi connectivity index (χ1v) is 9.21. The summed E-state index contributed by atoms with van der Waals surface area (Å²) in [5.74, 6) is -0.360. The number of carbonyl (C=O) groups is 2. The Bertz CT molecular complexity index is 613. The number of rotatable bonds is 7. The Morgan fingerprint density at radius 2 is 1.96 bits per heavy atom. The zero-order chi connectivity index (χ0) is 18.4. The molecule has 0 spiro atoms. The first-order chi connectivity index (χ1) is 12.6. The largest absolute Gasteiger partial charge is 0.486 e. The van der Waals surface area contributed by atoms with Gasteiger partial charge in [0.2, 0.25) is 5.91 Å². The maximum atomic E-state index is 12.3.